The van der Waals surface area contributed by atoms with Crippen LogP contribution in [0.15, 0.2) is 30.3 Å². The van der Waals surface area contributed by atoms with Crippen LogP contribution in [0.1, 0.15) is 25.5 Å². The molecule has 0 radical (unpaired) electrons. The van der Waals surface area contributed by atoms with Crippen molar-refractivity contribution in [2.75, 3.05) is 46.4 Å². The van der Waals surface area contributed by atoms with E-state index in [1.807, 2.05) is 30.3 Å². The van der Waals surface area contributed by atoms with E-state index in [0.717, 1.165) is 31.7 Å². The van der Waals surface area contributed by atoms with E-state index >= 15 is 0 Å². The molecule has 0 aliphatic carbocycles. The van der Waals surface area contributed by atoms with Crippen LogP contribution in [0.2, 0.25) is 0 Å². The molecule has 1 aliphatic heterocycles. The third kappa shape index (κ3) is 5.99. The summed E-state index contributed by atoms with van der Waals surface area (Å²) < 4.78 is 0. The van der Waals surface area contributed by atoms with Crippen molar-refractivity contribution in [2.24, 2.45) is 5.92 Å². The van der Waals surface area contributed by atoms with Crippen molar-refractivity contribution in [3.63, 3.8) is 0 Å². The molecule has 2 atom stereocenters. The summed E-state index contributed by atoms with van der Waals surface area (Å²) in [6.45, 7) is 9.08. The highest BCUT2D eigenvalue weighted by molar-refractivity contribution is 5.74. The molecule has 140 valence electrons. The minimum absolute atomic E-state index is 0.122. The molecular weight excluding hydrogens is 316 g/mol. The van der Waals surface area contributed by atoms with Gasteiger partial charge >= 0.3 is 6.03 Å². The highest BCUT2D eigenvalue weighted by Crippen LogP contribution is 2.14. The molecule has 1 heterocycles. The first-order valence-electron chi connectivity index (χ1n) is 9.14. The number of aliphatic hydroxyl groups excluding tert-OH is 1. The quantitative estimate of drug-likeness (QED) is 0.695. The number of hydrogen-bond acceptors (Lipinski definition) is 4. The molecule has 2 rings (SSSR count). The number of amides is 2. The molecule has 1 saturated heterocycles. The first kappa shape index (κ1) is 19.7. The van der Waals surface area contributed by atoms with Crippen LogP contribution < -0.4 is 10.6 Å². The van der Waals surface area contributed by atoms with Crippen LogP contribution in [-0.4, -0.2) is 73.4 Å². The SMILES string of the molecule is CC(C)C(CNC(=O)NC(CO)c1ccccc1)N1CCN(C)CC1. The van der Waals surface area contributed by atoms with Crippen molar-refractivity contribution >= 4 is 6.03 Å². The highest BCUT2D eigenvalue weighted by Gasteiger charge is 2.25. The van der Waals surface area contributed by atoms with E-state index in [1.54, 1.807) is 0 Å². The van der Waals surface area contributed by atoms with Crippen LogP contribution in [0.3, 0.4) is 0 Å². The zero-order valence-corrected chi connectivity index (χ0v) is 15.6. The zero-order valence-electron chi connectivity index (χ0n) is 15.6. The molecule has 0 spiro atoms. The van der Waals surface area contributed by atoms with E-state index in [2.05, 4.69) is 41.3 Å². The molecule has 0 aromatic heterocycles. The first-order valence-corrected chi connectivity index (χ1v) is 9.14. The molecule has 25 heavy (non-hydrogen) atoms. The van der Waals surface area contributed by atoms with Crippen molar-refractivity contribution in [1.82, 2.24) is 20.4 Å². The van der Waals surface area contributed by atoms with E-state index in [4.69, 9.17) is 0 Å². The van der Waals surface area contributed by atoms with Crippen molar-refractivity contribution in [3.05, 3.63) is 35.9 Å². The summed E-state index contributed by atoms with van der Waals surface area (Å²) >= 11 is 0. The van der Waals surface area contributed by atoms with E-state index in [0.29, 0.717) is 18.5 Å². The van der Waals surface area contributed by atoms with Crippen LogP contribution in [-0.2, 0) is 0 Å². The predicted molar refractivity (Wildman–Crippen MR) is 100 cm³/mol. The summed E-state index contributed by atoms with van der Waals surface area (Å²) in [5.74, 6) is 0.464. The van der Waals surface area contributed by atoms with Gasteiger partial charge in [-0.25, -0.2) is 4.79 Å². The number of urea groups is 1. The van der Waals surface area contributed by atoms with Gasteiger partial charge in [-0.15, -0.1) is 0 Å². The molecule has 0 saturated carbocycles. The van der Waals surface area contributed by atoms with E-state index in [1.165, 1.54) is 0 Å². The standard InChI is InChI=1S/C19H32N4O2/c1-15(2)18(23-11-9-22(3)10-12-23)13-20-19(25)21-17(14-24)16-7-5-4-6-8-16/h4-8,15,17-18,24H,9-14H2,1-3H3,(H2,20,21,25). The Morgan fingerprint density at radius 1 is 1.16 bits per heavy atom. The number of carbonyl (C=O) groups excluding carboxylic acids is 1. The van der Waals surface area contributed by atoms with Gasteiger partial charge in [-0.3, -0.25) is 4.90 Å². The maximum atomic E-state index is 12.3. The molecule has 1 aromatic carbocycles. The summed E-state index contributed by atoms with van der Waals surface area (Å²) in [7, 11) is 2.14. The van der Waals surface area contributed by atoms with Crippen molar-refractivity contribution in [1.29, 1.82) is 0 Å². The summed E-state index contributed by atoms with van der Waals surface area (Å²) in [5, 5.41) is 15.4. The Kier molecular flexibility index (Phi) is 7.68. The summed E-state index contributed by atoms with van der Waals surface area (Å²) in [4.78, 5) is 17.1. The minimum atomic E-state index is -0.387. The first-order chi connectivity index (χ1) is 12.0. The van der Waals surface area contributed by atoms with Gasteiger partial charge < -0.3 is 20.6 Å². The van der Waals surface area contributed by atoms with Gasteiger partial charge in [0.05, 0.1) is 12.6 Å². The second-order valence-electron chi connectivity index (χ2n) is 7.15. The smallest absolute Gasteiger partial charge is 0.315 e. The van der Waals surface area contributed by atoms with E-state index in [-0.39, 0.29) is 18.7 Å². The number of carbonyl (C=O) groups is 1. The fraction of sp³-hybridized carbons (Fsp3) is 0.632. The van der Waals surface area contributed by atoms with Gasteiger partial charge in [-0.05, 0) is 18.5 Å². The van der Waals surface area contributed by atoms with Crippen LogP contribution >= 0.6 is 0 Å². The number of nitrogens with zero attached hydrogens (tertiary/aromatic N) is 2. The molecule has 6 heteroatoms. The largest absolute Gasteiger partial charge is 0.394 e. The Bertz CT molecular complexity index is 515. The second-order valence-corrected chi connectivity index (χ2v) is 7.15. The molecule has 1 fully saturated rings. The molecule has 2 unspecified atom stereocenters. The average molecular weight is 348 g/mol. The van der Waals surface area contributed by atoms with Crippen molar-refractivity contribution in [3.8, 4) is 0 Å². The Hall–Kier alpha value is -1.63. The third-order valence-corrected chi connectivity index (χ3v) is 4.94. The maximum absolute atomic E-state index is 12.3. The van der Waals surface area contributed by atoms with Crippen LogP contribution in [0.25, 0.3) is 0 Å². The fourth-order valence-corrected chi connectivity index (χ4v) is 3.27. The lowest BCUT2D eigenvalue weighted by Crippen LogP contribution is -2.55. The topological polar surface area (TPSA) is 67.8 Å². The molecule has 6 nitrogen and oxygen atoms in total. The Morgan fingerprint density at radius 3 is 2.36 bits per heavy atom. The molecule has 1 aliphatic rings. The van der Waals surface area contributed by atoms with Gasteiger partial charge in [-0.1, -0.05) is 44.2 Å². The van der Waals surface area contributed by atoms with Gasteiger partial charge in [0, 0.05) is 38.8 Å². The number of likely N-dealkylation sites (N-methyl/N-ethyl adjacent to an activating group) is 1. The average Bonchev–Trinajstić information content (AvgIpc) is 2.61. The Labute approximate surface area is 151 Å². The number of rotatable bonds is 7. The summed E-state index contributed by atoms with van der Waals surface area (Å²) in [5.41, 5.74) is 0.902. The molecular formula is C19H32N4O2. The number of piperazine rings is 1. The third-order valence-electron chi connectivity index (χ3n) is 4.94. The normalized spacial score (nSPS) is 18.8. The maximum Gasteiger partial charge on any atom is 0.315 e. The van der Waals surface area contributed by atoms with Gasteiger partial charge in [0.15, 0.2) is 0 Å². The van der Waals surface area contributed by atoms with Crippen molar-refractivity contribution < 1.29 is 9.90 Å². The van der Waals surface area contributed by atoms with Crippen LogP contribution in [0.4, 0.5) is 4.79 Å². The molecule has 2 amide bonds. The van der Waals surface area contributed by atoms with E-state index < -0.39 is 0 Å². The lowest BCUT2D eigenvalue weighted by Gasteiger charge is -2.40. The second kappa shape index (κ2) is 9.75. The zero-order chi connectivity index (χ0) is 18.2. The molecule has 3 N–H and O–H groups in total. The Balaban J connectivity index is 1.86. The summed E-state index contributed by atoms with van der Waals surface area (Å²) in [6.07, 6.45) is 0. The van der Waals surface area contributed by atoms with Gasteiger partial charge in [0.25, 0.3) is 0 Å². The van der Waals surface area contributed by atoms with Gasteiger partial charge in [-0.2, -0.15) is 0 Å². The fourth-order valence-electron chi connectivity index (χ4n) is 3.27. The van der Waals surface area contributed by atoms with E-state index in [9.17, 15) is 9.90 Å². The highest BCUT2D eigenvalue weighted by atomic mass is 16.3. The molecule has 1 aromatic rings. The summed E-state index contributed by atoms with van der Waals surface area (Å²) in [6, 6.07) is 9.24. The van der Waals surface area contributed by atoms with Crippen molar-refractivity contribution in [2.45, 2.75) is 25.9 Å². The Morgan fingerprint density at radius 2 is 1.80 bits per heavy atom. The van der Waals surface area contributed by atoms with Crippen LogP contribution in [0, 0.1) is 5.92 Å². The predicted octanol–water partition coefficient (Wildman–Crippen LogP) is 1.29. The lowest BCUT2D eigenvalue weighted by atomic mass is 10.0. The van der Waals surface area contributed by atoms with Gasteiger partial charge in [0.2, 0.25) is 0 Å². The number of hydrogen-bond donors (Lipinski definition) is 3. The lowest BCUT2D eigenvalue weighted by molar-refractivity contribution is 0.0885. The number of aliphatic hydroxyl groups is 1. The van der Waals surface area contributed by atoms with Crippen LogP contribution in [0.5, 0.6) is 0 Å². The number of nitrogens with one attached hydrogen (secondary N) is 2. The van der Waals surface area contributed by atoms with Gasteiger partial charge in [0.1, 0.15) is 0 Å². The number of benzene rings is 1. The minimum Gasteiger partial charge on any atom is -0.394 e. The monoisotopic (exact) mass is 348 g/mol. The molecule has 0 bridgehead atoms.